The Hall–Kier alpha value is -3.00. The van der Waals surface area contributed by atoms with Gasteiger partial charge in [-0.2, -0.15) is 8.61 Å². The van der Waals surface area contributed by atoms with E-state index in [4.69, 9.17) is 14.2 Å². The first-order valence-corrected chi connectivity index (χ1v) is 16.7. The Kier molecular flexibility index (Phi) is 10.1. The normalized spacial score (nSPS) is 20.7. The van der Waals surface area contributed by atoms with Crippen LogP contribution in [0, 0.1) is 11.8 Å². The monoisotopic (exact) mass is 608 g/mol. The van der Waals surface area contributed by atoms with Crippen molar-refractivity contribution >= 4 is 32.0 Å². The summed E-state index contributed by atoms with van der Waals surface area (Å²) in [5.41, 5.74) is 0. The van der Waals surface area contributed by atoms with Crippen LogP contribution in [0.4, 0.5) is 0 Å². The molecule has 13 heteroatoms. The molecule has 11 nitrogen and oxygen atoms in total. The molecule has 2 saturated heterocycles. The molecule has 0 amide bonds. The van der Waals surface area contributed by atoms with Crippen LogP contribution in [0.2, 0.25) is 0 Å². The summed E-state index contributed by atoms with van der Waals surface area (Å²) in [4.78, 5) is 24.4. The van der Waals surface area contributed by atoms with Gasteiger partial charge >= 0.3 is 11.9 Å². The van der Waals surface area contributed by atoms with E-state index in [1.54, 1.807) is 13.8 Å². The fourth-order valence-corrected chi connectivity index (χ4v) is 8.07. The molecular weight excluding hydrogens is 572 g/mol. The van der Waals surface area contributed by atoms with Gasteiger partial charge in [-0.1, -0.05) is 0 Å². The molecule has 2 aromatic rings. The topological polar surface area (TPSA) is 137 Å². The van der Waals surface area contributed by atoms with Gasteiger partial charge in [0, 0.05) is 26.2 Å². The number of piperidine rings is 2. The van der Waals surface area contributed by atoms with E-state index in [-0.39, 0.29) is 48.0 Å². The first kappa shape index (κ1) is 30.9. The van der Waals surface area contributed by atoms with Crippen molar-refractivity contribution in [2.24, 2.45) is 11.8 Å². The maximum absolute atomic E-state index is 13.2. The zero-order valence-electron chi connectivity index (χ0n) is 23.2. The van der Waals surface area contributed by atoms with Crippen LogP contribution < -0.4 is 4.74 Å². The summed E-state index contributed by atoms with van der Waals surface area (Å²) in [6.07, 6.45) is 2.31. The number of carbonyl (C=O) groups is 2. The Bertz CT molecular complexity index is 1320. The van der Waals surface area contributed by atoms with Crippen molar-refractivity contribution in [3.05, 3.63) is 48.5 Å². The van der Waals surface area contributed by atoms with E-state index in [2.05, 4.69) is 0 Å². The number of esters is 2. The largest absolute Gasteiger partial charge is 0.466 e. The molecule has 2 fully saturated rings. The van der Waals surface area contributed by atoms with Crippen LogP contribution in [0.3, 0.4) is 0 Å². The van der Waals surface area contributed by atoms with Gasteiger partial charge in [-0.3, -0.25) is 9.59 Å². The molecule has 41 heavy (non-hydrogen) atoms. The van der Waals surface area contributed by atoms with E-state index in [0.717, 1.165) is 0 Å². The Morgan fingerprint density at radius 3 is 1.39 bits per heavy atom. The maximum Gasteiger partial charge on any atom is 0.310 e. The summed E-state index contributed by atoms with van der Waals surface area (Å²) in [5, 5.41) is 0. The number of nitrogens with zero attached hydrogens (tertiary/aromatic N) is 2. The van der Waals surface area contributed by atoms with E-state index in [1.165, 1.54) is 57.1 Å². The molecule has 2 aliphatic heterocycles. The second kappa shape index (κ2) is 13.3. The van der Waals surface area contributed by atoms with Gasteiger partial charge in [0.15, 0.2) is 0 Å². The molecule has 2 aromatic carbocycles. The SMILES string of the molecule is CCOC(=O)C1CCCN(S(=O)(=O)c2ccc(Oc3ccc(S(=O)(=O)N4CCCC(C(=O)OCC)C4)cc3)cc2)C1. The van der Waals surface area contributed by atoms with E-state index < -0.39 is 31.9 Å². The van der Waals surface area contributed by atoms with Gasteiger partial charge in [-0.25, -0.2) is 16.8 Å². The van der Waals surface area contributed by atoms with Crippen molar-refractivity contribution in [1.82, 2.24) is 8.61 Å². The van der Waals surface area contributed by atoms with Crippen molar-refractivity contribution in [1.29, 1.82) is 0 Å². The number of hydrogen-bond donors (Lipinski definition) is 0. The number of ether oxygens (including phenoxy) is 3. The van der Waals surface area contributed by atoms with Gasteiger partial charge < -0.3 is 14.2 Å². The first-order chi connectivity index (χ1) is 19.6. The zero-order chi connectivity index (χ0) is 29.6. The predicted molar refractivity (Wildman–Crippen MR) is 149 cm³/mol. The van der Waals surface area contributed by atoms with Gasteiger partial charge in [0.1, 0.15) is 11.5 Å². The van der Waals surface area contributed by atoms with Gasteiger partial charge in [0.2, 0.25) is 20.0 Å². The van der Waals surface area contributed by atoms with Crippen molar-refractivity contribution < 1.29 is 40.6 Å². The molecule has 0 radical (unpaired) electrons. The maximum atomic E-state index is 13.2. The minimum absolute atomic E-state index is 0.0790. The fourth-order valence-electron chi connectivity index (χ4n) is 5.02. The molecule has 0 bridgehead atoms. The third-order valence-electron chi connectivity index (χ3n) is 7.17. The fraction of sp³-hybridized carbons (Fsp3) is 0.500. The Balaban J connectivity index is 1.39. The lowest BCUT2D eigenvalue weighted by Crippen LogP contribution is -2.42. The second-order valence-corrected chi connectivity index (χ2v) is 13.8. The average molecular weight is 609 g/mol. The summed E-state index contributed by atoms with van der Waals surface area (Å²) in [5.74, 6) is -0.992. The minimum Gasteiger partial charge on any atom is -0.466 e. The molecule has 2 atom stereocenters. The third-order valence-corrected chi connectivity index (χ3v) is 10.9. The van der Waals surface area contributed by atoms with E-state index >= 15 is 0 Å². The summed E-state index contributed by atoms with van der Waals surface area (Å²) in [6.45, 7) is 4.74. The van der Waals surface area contributed by atoms with Crippen LogP contribution in [-0.2, 0) is 39.1 Å². The minimum atomic E-state index is -3.81. The van der Waals surface area contributed by atoms with Crippen molar-refractivity contribution in [3.8, 4) is 11.5 Å². The number of benzene rings is 2. The zero-order valence-corrected chi connectivity index (χ0v) is 24.9. The molecule has 2 unspecified atom stereocenters. The van der Waals surface area contributed by atoms with Crippen LogP contribution in [-0.4, -0.2) is 76.8 Å². The van der Waals surface area contributed by atoms with Crippen LogP contribution >= 0.6 is 0 Å². The highest BCUT2D eigenvalue weighted by atomic mass is 32.2. The molecule has 224 valence electrons. The molecular formula is C28H36N2O9S2. The average Bonchev–Trinajstić information content (AvgIpc) is 2.98. The molecule has 4 rings (SSSR count). The molecule has 0 N–H and O–H groups in total. The van der Waals surface area contributed by atoms with Gasteiger partial charge in [-0.05, 0) is 88.1 Å². The van der Waals surface area contributed by atoms with Crippen LogP contribution in [0.1, 0.15) is 39.5 Å². The van der Waals surface area contributed by atoms with E-state index in [9.17, 15) is 26.4 Å². The van der Waals surface area contributed by atoms with Gasteiger partial charge in [-0.15, -0.1) is 0 Å². The molecule has 2 aliphatic rings. The lowest BCUT2D eigenvalue weighted by molar-refractivity contribution is -0.150. The first-order valence-electron chi connectivity index (χ1n) is 13.8. The van der Waals surface area contributed by atoms with Crippen molar-refractivity contribution in [3.63, 3.8) is 0 Å². The van der Waals surface area contributed by atoms with Crippen LogP contribution in [0.5, 0.6) is 11.5 Å². The highest BCUT2D eigenvalue weighted by Gasteiger charge is 2.35. The summed E-state index contributed by atoms with van der Waals surface area (Å²) < 4.78 is 71.3. The number of hydrogen-bond acceptors (Lipinski definition) is 9. The standard InChI is InChI=1S/C28H36N2O9S2/c1-3-37-27(31)21-7-5-17-29(19-21)40(33,34)25-13-9-23(10-14-25)39-24-11-15-26(16-12-24)41(35,36)30-18-6-8-22(20-30)28(32)38-4-2/h9-16,21-22H,3-8,17-20H2,1-2H3. The Morgan fingerprint density at radius 2 is 1.05 bits per heavy atom. The Morgan fingerprint density at radius 1 is 0.683 bits per heavy atom. The molecule has 0 spiro atoms. The molecule has 2 heterocycles. The number of rotatable bonds is 10. The summed E-state index contributed by atoms with van der Waals surface area (Å²) in [6, 6.07) is 11.8. The van der Waals surface area contributed by atoms with Crippen LogP contribution in [0.15, 0.2) is 58.3 Å². The third kappa shape index (κ3) is 7.26. The van der Waals surface area contributed by atoms with Gasteiger partial charge in [0.25, 0.3) is 0 Å². The summed E-state index contributed by atoms with van der Waals surface area (Å²) >= 11 is 0. The molecule has 0 aromatic heterocycles. The molecule has 0 aliphatic carbocycles. The van der Waals surface area contributed by atoms with E-state index in [0.29, 0.717) is 50.3 Å². The van der Waals surface area contributed by atoms with Gasteiger partial charge in [0.05, 0.1) is 34.8 Å². The van der Waals surface area contributed by atoms with Crippen molar-refractivity contribution in [2.75, 3.05) is 39.4 Å². The van der Waals surface area contributed by atoms with Crippen molar-refractivity contribution in [2.45, 2.75) is 49.3 Å². The Labute approximate surface area is 241 Å². The van der Waals surface area contributed by atoms with E-state index in [1.807, 2.05) is 0 Å². The number of sulfonamides is 2. The smallest absolute Gasteiger partial charge is 0.310 e. The van der Waals surface area contributed by atoms with Crippen LogP contribution in [0.25, 0.3) is 0 Å². The predicted octanol–water partition coefficient (Wildman–Crippen LogP) is 3.41. The second-order valence-electron chi connectivity index (χ2n) is 9.95. The lowest BCUT2D eigenvalue weighted by Gasteiger charge is -2.30. The quantitative estimate of drug-likeness (QED) is 0.372. The molecule has 0 saturated carbocycles. The highest BCUT2D eigenvalue weighted by Crippen LogP contribution is 2.29. The number of carbonyl (C=O) groups excluding carboxylic acids is 2. The summed E-state index contributed by atoms with van der Waals surface area (Å²) in [7, 11) is -7.62. The lowest BCUT2D eigenvalue weighted by atomic mass is 10.0. The highest BCUT2D eigenvalue weighted by molar-refractivity contribution is 7.89.